The number of urea groups is 1. The second kappa shape index (κ2) is 7.44. The van der Waals surface area contributed by atoms with Gasteiger partial charge in [0.05, 0.1) is 11.7 Å². The SMILES string of the molecule is CCNS(=O)(=O)CCNC(=O)N1CCC[C@@H](C(=O)O)C1. The van der Waals surface area contributed by atoms with Gasteiger partial charge in [0, 0.05) is 26.2 Å². The molecule has 1 atom stereocenters. The topological polar surface area (TPSA) is 116 Å². The first-order chi connectivity index (χ1) is 9.35. The Bertz CT molecular complexity index is 451. The normalized spacial score (nSPS) is 19.6. The van der Waals surface area contributed by atoms with Crippen LogP contribution < -0.4 is 10.0 Å². The van der Waals surface area contributed by atoms with Crippen molar-refractivity contribution in [1.29, 1.82) is 0 Å². The van der Waals surface area contributed by atoms with Gasteiger partial charge in [0.15, 0.2) is 0 Å². The number of amides is 2. The maximum Gasteiger partial charge on any atom is 0.317 e. The molecule has 1 aliphatic rings. The van der Waals surface area contributed by atoms with Crippen LogP contribution in [0.4, 0.5) is 4.79 Å². The number of carbonyl (C=O) groups is 2. The van der Waals surface area contributed by atoms with E-state index in [1.54, 1.807) is 6.92 Å². The summed E-state index contributed by atoms with van der Waals surface area (Å²) in [5.41, 5.74) is 0. The van der Waals surface area contributed by atoms with Crippen molar-refractivity contribution in [3.05, 3.63) is 0 Å². The Hall–Kier alpha value is -1.35. The Kier molecular flexibility index (Phi) is 6.21. The fraction of sp³-hybridized carbons (Fsp3) is 0.818. The zero-order chi connectivity index (χ0) is 15.2. The van der Waals surface area contributed by atoms with E-state index in [-0.39, 0.29) is 18.8 Å². The van der Waals surface area contributed by atoms with E-state index >= 15 is 0 Å². The summed E-state index contributed by atoms with van der Waals surface area (Å²) in [6.45, 7) is 2.65. The smallest absolute Gasteiger partial charge is 0.317 e. The molecule has 2 amide bonds. The molecule has 0 radical (unpaired) electrons. The maximum absolute atomic E-state index is 11.8. The van der Waals surface area contributed by atoms with Crippen LogP contribution in [0.5, 0.6) is 0 Å². The first-order valence-corrected chi connectivity index (χ1v) is 8.24. The summed E-state index contributed by atoms with van der Waals surface area (Å²) in [7, 11) is -3.36. The van der Waals surface area contributed by atoms with E-state index in [0.717, 1.165) is 0 Å². The average molecular weight is 307 g/mol. The molecule has 0 bridgehead atoms. The Morgan fingerprint density at radius 2 is 2.10 bits per heavy atom. The molecule has 0 unspecified atom stereocenters. The molecule has 1 heterocycles. The van der Waals surface area contributed by atoms with Crippen molar-refractivity contribution in [3.8, 4) is 0 Å². The van der Waals surface area contributed by atoms with Crippen molar-refractivity contribution >= 4 is 22.0 Å². The van der Waals surface area contributed by atoms with E-state index in [1.807, 2.05) is 0 Å². The fourth-order valence-corrected chi connectivity index (χ4v) is 3.01. The van der Waals surface area contributed by atoms with Gasteiger partial charge in [-0.3, -0.25) is 4.79 Å². The summed E-state index contributed by atoms with van der Waals surface area (Å²) in [5.74, 6) is -1.64. The fourth-order valence-electron chi connectivity index (χ4n) is 2.06. The number of hydrogen-bond donors (Lipinski definition) is 3. The number of piperidine rings is 1. The molecule has 8 nitrogen and oxygen atoms in total. The lowest BCUT2D eigenvalue weighted by atomic mass is 9.99. The minimum Gasteiger partial charge on any atom is -0.481 e. The van der Waals surface area contributed by atoms with Crippen LogP contribution in [0.3, 0.4) is 0 Å². The van der Waals surface area contributed by atoms with Crippen LogP contribution in [0.25, 0.3) is 0 Å². The zero-order valence-corrected chi connectivity index (χ0v) is 12.3. The molecule has 0 aromatic carbocycles. The molecule has 1 fully saturated rings. The second-order valence-electron chi connectivity index (χ2n) is 4.67. The van der Waals surface area contributed by atoms with Crippen molar-refractivity contribution in [1.82, 2.24) is 14.9 Å². The molecule has 1 rings (SSSR count). The lowest BCUT2D eigenvalue weighted by molar-refractivity contribution is -0.143. The molecule has 0 spiro atoms. The molecule has 0 saturated carbocycles. The van der Waals surface area contributed by atoms with Gasteiger partial charge >= 0.3 is 12.0 Å². The number of carbonyl (C=O) groups excluding carboxylic acids is 1. The number of nitrogens with one attached hydrogen (secondary N) is 2. The van der Waals surface area contributed by atoms with Crippen LogP contribution in [0.2, 0.25) is 0 Å². The largest absolute Gasteiger partial charge is 0.481 e. The molecule has 116 valence electrons. The van der Waals surface area contributed by atoms with Gasteiger partial charge < -0.3 is 15.3 Å². The monoisotopic (exact) mass is 307 g/mol. The van der Waals surface area contributed by atoms with Crippen LogP contribution in [0.1, 0.15) is 19.8 Å². The van der Waals surface area contributed by atoms with E-state index in [0.29, 0.717) is 25.9 Å². The molecule has 3 N–H and O–H groups in total. The van der Waals surface area contributed by atoms with Gasteiger partial charge in [-0.15, -0.1) is 0 Å². The second-order valence-corrected chi connectivity index (χ2v) is 6.60. The third-order valence-electron chi connectivity index (χ3n) is 3.07. The highest BCUT2D eigenvalue weighted by atomic mass is 32.2. The van der Waals surface area contributed by atoms with Crippen LogP contribution in [-0.2, 0) is 14.8 Å². The Labute approximate surface area is 118 Å². The summed E-state index contributed by atoms with van der Waals surface area (Å²) in [6, 6.07) is -0.414. The summed E-state index contributed by atoms with van der Waals surface area (Å²) in [6.07, 6.45) is 1.20. The highest BCUT2D eigenvalue weighted by Crippen LogP contribution is 2.16. The van der Waals surface area contributed by atoms with E-state index in [2.05, 4.69) is 10.0 Å². The lowest BCUT2D eigenvalue weighted by Crippen LogP contribution is -2.48. The first kappa shape index (κ1) is 16.7. The predicted molar refractivity (Wildman–Crippen MR) is 72.8 cm³/mol. The van der Waals surface area contributed by atoms with Gasteiger partial charge in [-0.2, -0.15) is 0 Å². The van der Waals surface area contributed by atoms with Crippen LogP contribution in [0, 0.1) is 5.92 Å². The van der Waals surface area contributed by atoms with Gasteiger partial charge in [0.2, 0.25) is 10.0 Å². The number of aliphatic carboxylic acids is 1. The van der Waals surface area contributed by atoms with Crippen molar-refractivity contribution in [3.63, 3.8) is 0 Å². The van der Waals surface area contributed by atoms with E-state index in [9.17, 15) is 18.0 Å². The van der Waals surface area contributed by atoms with Gasteiger partial charge in [-0.05, 0) is 12.8 Å². The highest BCUT2D eigenvalue weighted by molar-refractivity contribution is 7.89. The van der Waals surface area contributed by atoms with Gasteiger partial charge in [0.1, 0.15) is 0 Å². The summed E-state index contributed by atoms with van der Waals surface area (Å²) < 4.78 is 25.1. The van der Waals surface area contributed by atoms with Crippen molar-refractivity contribution in [2.45, 2.75) is 19.8 Å². The number of nitrogens with zero attached hydrogens (tertiary/aromatic N) is 1. The Balaban J connectivity index is 2.37. The van der Waals surface area contributed by atoms with E-state index < -0.39 is 27.9 Å². The Morgan fingerprint density at radius 1 is 1.40 bits per heavy atom. The first-order valence-electron chi connectivity index (χ1n) is 6.58. The Morgan fingerprint density at radius 3 is 2.70 bits per heavy atom. The highest BCUT2D eigenvalue weighted by Gasteiger charge is 2.28. The summed E-state index contributed by atoms with van der Waals surface area (Å²) in [4.78, 5) is 24.1. The molecule has 20 heavy (non-hydrogen) atoms. The standard InChI is InChI=1S/C11H21N3O5S/c1-2-13-20(18,19)7-5-12-11(17)14-6-3-4-9(8-14)10(15)16/h9,13H,2-8H2,1H3,(H,12,17)(H,15,16)/t9-/m1/s1. The molecule has 0 aromatic heterocycles. The molecule has 0 aromatic rings. The quantitative estimate of drug-likeness (QED) is 0.608. The maximum atomic E-state index is 11.8. The van der Waals surface area contributed by atoms with Crippen LogP contribution in [-0.4, -0.2) is 62.4 Å². The third-order valence-corrected chi connectivity index (χ3v) is 4.54. The molecule has 0 aliphatic carbocycles. The number of rotatable bonds is 6. The van der Waals surface area contributed by atoms with Crippen molar-refractivity contribution in [2.75, 3.05) is 31.9 Å². The number of hydrogen-bond acceptors (Lipinski definition) is 4. The number of carboxylic acids is 1. The minimum atomic E-state index is -3.36. The number of carboxylic acid groups (broad SMARTS) is 1. The van der Waals surface area contributed by atoms with Crippen molar-refractivity contribution in [2.24, 2.45) is 5.92 Å². The summed E-state index contributed by atoms with van der Waals surface area (Å²) >= 11 is 0. The zero-order valence-electron chi connectivity index (χ0n) is 11.5. The third kappa shape index (κ3) is 5.33. The van der Waals surface area contributed by atoms with E-state index in [1.165, 1.54) is 4.90 Å². The summed E-state index contributed by atoms with van der Waals surface area (Å²) in [5, 5.41) is 11.4. The predicted octanol–water partition coefficient (Wildman–Crippen LogP) is -0.568. The average Bonchev–Trinajstić information content (AvgIpc) is 2.38. The van der Waals surface area contributed by atoms with Gasteiger partial charge in [0.25, 0.3) is 0 Å². The minimum absolute atomic E-state index is 0.00239. The molecular weight excluding hydrogens is 286 g/mol. The molecule has 1 saturated heterocycles. The van der Waals surface area contributed by atoms with Crippen LogP contribution in [0.15, 0.2) is 0 Å². The molecular formula is C11H21N3O5S. The van der Waals surface area contributed by atoms with E-state index in [4.69, 9.17) is 5.11 Å². The number of likely N-dealkylation sites (tertiary alicyclic amines) is 1. The molecule has 9 heteroatoms. The number of sulfonamides is 1. The van der Waals surface area contributed by atoms with Gasteiger partial charge in [-0.1, -0.05) is 6.92 Å². The van der Waals surface area contributed by atoms with Crippen LogP contribution >= 0.6 is 0 Å². The molecule has 1 aliphatic heterocycles. The van der Waals surface area contributed by atoms with Crippen molar-refractivity contribution < 1.29 is 23.1 Å². The van der Waals surface area contributed by atoms with Gasteiger partial charge in [-0.25, -0.2) is 17.9 Å². The lowest BCUT2D eigenvalue weighted by Gasteiger charge is -2.30.